The van der Waals surface area contributed by atoms with Crippen molar-refractivity contribution in [3.8, 4) is 0 Å². The third-order valence-electron chi connectivity index (χ3n) is 2.60. The first kappa shape index (κ1) is 7.35. The molecule has 1 radical (unpaired) electrons. The van der Waals surface area contributed by atoms with Crippen LogP contribution in [0.15, 0.2) is 0 Å². The fraction of sp³-hybridized carbons (Fsp3) is 1.00. The lowest BCUT2D eigenvalue weighted by atomic mass is 9.93. The molecule has 1 rings (SSSR count). The molecule has 3 heteroatoms. The summed E-state index contributed by atoms with van der Waals surface area (Å²) in [6.45, 7) is 8.93. The standard InChI is InChI=1S/C6H14BOSi/c1-5(2)6(3,4)9-7-8-5/h9H2,1-4H3. The third-order valence-corrected chi connectivity index (χ3v) is 4.81. The Morgan fingerprint density at radius 1 is 1.22 bits per heavy atom. The fourth-order valence-electron chi connectivity index (χ4n) is 0.864. The molecular formula is C6H14BOSi. The van der Waals surface area contributed by atoms with Gasteiger partial charge in [-0.2, -0.15) is 0 Å². The Morgan fingerprint density at radius 3 is 1.89 bits per heavy atom. The Balaban J connectivity index is 2.75. The van der Waals surface area contributed by atoms with Gasteiger partial charge in [-0.3, -0.25) is 0 Å². The molecule has 51 valence electrons. The first-order valence-electron chi connectivity index (χ1n) is 3.45. The van der Waals surface area contributed by atoms with E-state index in [-0.39, 0.29) is 15.0 Å². The molecule has 1 fully saturated rings. The monoisotopic (exact) mass is 141 g/mol. The molecule has 0 aliphatic carbocycles. The number of hydrogen-bond acceptors (Lipinski definition) is 1. The second-order valence-corrected chi connectivity index (χ2v) is 6.39. The minimum absolute atomic E-state index is 0.0802. The SMILES string of the molecule is CC1(C)O[B][SiH2]C1(C)C. The average molecular weight is 141 g/mol. The van der Waals surface area contributed by atoms with E-state index in [4.69, 9.17) is 4.65 Å². The van der Waals surface area contributed by atoms with Gasteiger partial charge in [-0.25, -0.2) is 0 Å². The van der Waals surface area contributed by atoms with E-state index in [1.807, 2.05) is 0 Å². The Labute approximate surface area is 60.2 Å². The molecule has 0 saturated carbocycles. The zero-order chi connectivity index (χ0) is 7.12. The van der Waals surface area contributed by atoms with Crippen molar-refractivity contribution < 1.29 is 4.65 Å². The van der Waals surface area contributed by atoms with E-state index < -0.39 is 0 Å². The summed E-state index contributed by atoms with van der Waals surface area (Å²) in [5.41, 5.74) is 0.0965. The van der Waals surface area contributed by atoms with Crippen molar-refractivity contribution in [1.82, 2.24) is 0 Å². The average Bonchev–Trinajstić information content (AvgIpc) is 1.81. The molecular weight excluding hydrogens is 127 g/mol. The minimum atomic E-state index is -0.0802. The van der Waals surface area contributed by atoms with Crippen molar-refractivity contribution in [3.05, 3.63) is 0 Å². The predicted molar refractivity (Wildman–Crippen MR) is 43.5 cm³/mol. The molecule has 1 saturated heterocycles. The summed E-state index contributed by atoms with van der Waals surface area (Å²) in [6.07, 6.45) is 0. The summed E-state index contributed by atoms with van der Waals surface area (Å²) in [7, 11) is 1.98. The molecule has 0 unspecified atom stereocenters. The van der Waals surface area contributed by atoms with E-state index >= 15 is 0 Å². The minimum Gasteiger partial charge on any atom is -0.440 e. The van der Waals surface area contributed by atoms with Crippen LogP contribution in [0.2, 0.25) is 5.04 Å². The molecule has 1 nitrogen and oxygen atoms in total. The molecule has 0 amide bonds. The molecule has 1 aliphatic rings. The van der Waals surface area contributed by atoms with Gasteiger partial charge < -0.3 is 4.65 Å². The number of rotatable bonds is 0. The number of hydrogen-bond donors (Lipinski definition) is 0. The van der Waals surface area contributed by atoms with E-state index in [0.29, 0.717) is 5.04 Å². The van der Waals surface area contributed by atoms with Gasteiger partial charge in [0.25, 0.3) is 7.07 Å². The third kappa shape index (κ3) is 1.08. The molecule has 9 heavy (non-hydrogen) atoms. The normalized spacial score (nSPS) is 32.4. The maximum Gasteiger partial charge on any atom is 0.271 e. The highest BCUT2D eigenvalue weighted by Gasteiger charge is 2.42. The molecule has 1 aliphatic heterocycles. The lowest BCUT2D eigenvalue weighted by molar-refractivity contribution is 0.0917. The van der Waals surface area contributed by atoms with Crippen LogP contribution in [0.1, 0.15) is 27.7 Å². The Morgan fingerprint density at radius 2 is 1.78 bits per heavy atom. The van der Waals surface area contributed by atoms with E-state index in [2.05, 4.69) is 34.8 Å². The van der Waals surface area contributed by atoms with Crippen LogP contribution in [-0.4, -0.2) is 22.1 Å². The zero-order valence-corrected chi connectivity index (χ0v) is 8.11. The lowest BCUT2D eigenvalue weighted by Gasteiger charge is -2.34. The van der Waals surface area contributed by atoms with Crippen molar-refractivity contribution in [3.63, 3.8) is 0 Å². The molecule has 0 atom stereocenters. The van der Waals surface area contributed by atoms with E-state index in [0.717, 1.165) is 0 Å². The summed E-state index contributed by atoms with van der Waals surface area (Å²) in [5, 5.41) is 0.451. The van der Waals surface area contributed by atoms with Crippen LogP contribution in [-0.2, 0) is 4.65 Å². The van der Waals surface area contributed by atoms with Crippen LogP contribution in [0, 0.1) is 0 Å². The van der Waals surface area contributed by atoms with Gasteiger partial charge in [0, 0.05) is 15.0 Å². The predicted octanol–water partition coefficient (Wildman–Crippen LogP) is 0.697. The second kappa shape index (κ2) is 1.86. The van der Waals surface area contributed by atoms with Gasteiger partial charge in [0.1, 0.15) is 0 Å². The second-order valence-electron chi connectivity index (χ2n) is 3.88. The van der Waals surface area contributed by atoms with Gasteiger partial charge >= 0.3 is 0 Å². The van der Waals surface area contributed by atoms with Crippen LogP contribution in [0.3, 0.4) is 0 Å². The van der Waals surface area contributed by atoms with E-state index in [1.165, 1.54) is 0 Å². The van der Waals surface area contributed by atoms with Gasteiger partial charge in [0.05, 0.1) is 0 Å². The zero-order valence-electron chi connectivity index (χ0n) is 6.69. The summed E-state index contributed by atoms with van der Waals surface area (Å²) in [6, 6.07) is 0. The first-order valence-corrected chi connectivity index (χ1v) is 4.98. The van der Waals surface area contributed by atoms with Crippen LogP contribution >= 0.6 is 0 Å². The molecule has 0 aromatic rings. The molecule has 0 bridgehead atoms. The van der Waals surface area contributed by atoms with Crippen LogP contribution in [0.5, 0.6) is 0 Å². The Hall–Kier alpha value is 0.242. The van der Waals surface area contributed by atoms with Crippen molar-refractivity contribution in [2.75, 3.05) is 0 Å². The molecule has 0 N–H and O–H groups in total. The van der Waals surface area contributed by atoms with Crippen LogP contribution in [0.4, 0.5) is 0 Å². The summed E-state index contributed by atoms with van der Waals surface area (Å²) >= 11 is 0. The van der Waals surface area contributed by atoms with Crippen molar-refractivity contribution >= 4 is 16.5 Å². The van der Waals surface area contributed by atoms with E-state index in [9.17, 15) is 0 Å². The molecule has 0 aromatic heterocycles. The van der Waals surface area contributed by atoms with E-state index in [1.54, 1.807) is 0 Å². The van der Waals surface area contributed by atoms with Gasteiger partial charge in [-0.1, -0.05) is 13.8 Å². The van der Waals surface area contributed by atoms with Gasteiger partial charge in [-0.05, 0) is 18.9 Å². The van der Waals surface area contributed by atoms with Crippen LogP contribution < -0.4 is 0 Å². The van der Waals surface area contributed by atoms with Crippen molar-refractivity contribution in [2.24, 2.45) is 0 Å². The van der Waals surface area contributed by atoms with Gasteiger partial charge in [0.15, 0.2) is 0 Å². The highest BCUT2D eigenvalue weighted by molar-refractivity contribution is 7.00. The molecule has 1 heterocycles. The van der Waals surface area contributed by atoms with Crippen molar-refractivity contribution in [2.45, 2.75) is 38.3 Å². The smallest absolute Gasteiger partial charge is 0.271 e. The molecule has 0 spiro atoms. The van der Waals surface area contributed by atoms with Crippen molar-refractivity contribution in [1.29, 1.82) is 0 Å². The lowest BCUT2D eigenvalue weighted by Crippen LogP contribution is -2.31. The topological polar surface area (TPSA) is 9.23 Å². The van der Waals surface area contributed by atoms with Crippen LogP contribution in [0.25, 0.3) is 0 Å². The largest absolute Gasteiger partial charge is 0.440 e. The fourth-order valence-corrected chi connectivity index (χ4v) is 2.36. The highest BCUT2D eigenvalue weighted by atomic mass is 28.2. The summed E-state index contributed by atoms with van der Waals surface area (Å²) in [4.78, 5) is 0. The Bertz CT molecular complexity index is 108. The first-order chi connectivity index (χ1) is 3.96. The van der Waals surface area contributed by atoms with Gasteiger partial charge in [0.2, 0.25) is 0 Å². The highest BCUT2D eigenvalue weighted by Crippen LogP contribution is 2.42. The Kier molecular flexibility index (Phi) is 1.52. The molecule has 0 aromatic carbocycles. The van der Waals surface area contributed by atoms with Gasteiger partial charge in [-0.15, -0.1) is 0 Å². The maximum atomic E-state index is 5.49. The quantitative estimate of drug-likeness (QED) is 0.451. The summed E-state index contributed by atoms with van der Waals surface area (Å²) in [5.74, 6) is 0. The summed E-state index contributed by atoms with van der Waals surface area (Å²) < 4.78 is 5.49. The maximum absolute atomic E-state index is 5.49.